The van der Waals surface area contributed by atoms with Crippen molar-refractivity contribution >= 4 is 17.7 Å². The van der Waals surface area contributed by atoms with Crippen LogP contribution in [0.3, 0.4) is 0 Å². The van der Waals surface area contributed by atoms with Gasteiger partial charge in [0.2, 0.25) is 0 Å². The Bertz CT molecular complexity index is 960. The molecule has 0 spiro atoms. The molecule has 0 aliphatic heterocycles. The first-order chi connectivity index (χ1) is 16.9. The van der Waals surface area contributed by atoms with E-state index < -0.39 is 29.6 Å². The number of carbonyl (C=O) groups excluding carboxylic acids is 3. The maximum absolute atomic E-state index is 13.6. The fourth-order valence-corrected chi connectivity index (χ4v) is 8.56. The standard InChI is InChI=1S/C31H46O5/c1-18(2)9-8-10-19(3)23-11-12-24-22-15-27(34)26-16-28(35-20(4)32)29(36-21(5)33)17-31(26,7)25(22)13-14-30(23,24)6/h15-16,18-19,23-25,28-29H,8-14,17H2,1-7H3/t19-,23-,24+,25+,28-,29+,30-,31-/m1/s1. The Balaban J connectivity index is 1.62. The number of hydrogen-bond acceptors (Lipinski definition) is 5. The lowest BCUT2D eigenvalue weighted by Gasteiger charge is -2.55. The zero-order valence-electron chi connectivity index (χ0n) is 23.4. The van der Waals surface area contributed by atoms with E-state index in [1.807, 2.05) is 6.08 Å². The molecule has 4 rings (SSSR count). The molecule has 0 N–H and O–H groups in total. The average molecular weight is 499 g/mol. The van der Waals surface area contributed by atoms with E-state index in [1.165, 1.54) is 51.5 Å². The molecule has 0 unspecified atom stereocenters. The number of carbonyl (C=O) groups is 3. The van der Waals surface area contributed by atoms with Crippen LogP contribution >= 0.6 is 0 Å². The summed E-state index contributed by atoms with van der Waals surface area (Å²) in [6.07, 6.45) is 11.4. The normalized spacial score (nSPS) is 38.3. The molecule has 0 amide bonds. The molecule has 2 fully saturated rings. The highest BCUT2D eigenvalue weighted by Gasteiger charge is 2.59. The second kappa shape index (κ2) is 10.1. The lowest BCUT2D eigenvalue weighted by molar-refractivity contribution is -0.166. The van der Waals surface area contributed by atoms with E-state index in [4.69, 9.17) is 9.47 Å². The highest BCUT2D eigenvalue weighted by Crippen LogP contribution is 2.66. The maximum atomic E-state index is 13.6. The second-order valence-corrected chi connectivity index (χ2v) is 13.1. The number of esters is 2. The molecule has 0 aromatic rings. The molecule has 5 nitrogen and oxygen atoms in total. The van der Waals surface area contributed by atoms with Gasteiger partial charge in [-0.15, -0.1) is 0 Å². The lowest BCUT2D eigenvalue weighted by atomic mass is 9.49. The third kappa shape index (κ3) is 4.84. The maximum Gasteiger partial charge on any atom is 0.303 e. The fourth-order valence-electron chi connectivity index (χ4n) is 8.56. The topological polar surface area (TPSA) is 69.7 Å². The van der Waals surface area contributed by atoms with Crippen molar-refractivity contribution in [3.8, 4) is 0 Å². The van der Waals surface area contributed by atoms with Crippen LogP contribution in [0.1, 0.15) is 99.8 Å². The Morgan fingerprint density at radius 2 is 1.69 bits per heavy atom. The fraction of sp³-hybridized carbons (Fsp3) is 0.774. The molecule has 8 atom stereocenters. The predicted molar refractivity (Wildman–Crippen MR) is 140 cm³/mol. The lowest BCUT2D eigenvalue weighted by Crippen LogP contribution is -2.52. The van der Waals surface area contributed by atoms with Crippen LogP contribution in [0.2, 0.25) is 0 Å². The van der Waals surface area contributed by atoms with E-state index in [-0.39, 0.29) is 17.1 Å². The Morgan fingerprint density at radius 3 is 2.33 bits per heavy atom. The first kappa shape index (κ1) is 27.1. The summed E-state index contributed by atoms with van der Waals surface area (Å²) >= 11 is 0. The van der Waals surface area contributed by atoms with E-state index >= 15 is 0 Å². The van der Waals surface area contributed by atoms with Crippen molar-refractivity contribution in [3.63, 3.8) is 0 Å². The monoisotopic (exact) mass is 498 g/mol. The summed E-state index contributed by atoms with van der Waals surface area (Å²) in [4.78, 5) is 37.2. The summed E-state index contributed by atoms with van der Waals surface area (Å²) < 4.78 is 11.1. The van der Waals surface area contributed by atoms with E-state index in [1.54, 1.807) is 6.08 Å². The number of fused-ring (bicyclic) bond motifs is 5. The molecule has 5 heteroatoms. The summed E-state index contributed by atoms with van der Waals surface area (Å²) in [7, 11) is 0. The smallest absolute Gasteiger partial charge is 0.303 e. The number of allylic oxidation sites excluding steroid dienone is 3. The molecule has 0 radical (unpaired) electrons. The van der Waals surface area contributed by atoms with Gasteiger partial charge in [0.15, 0.2) is 11.9 Å². The molecule has 200 valence electrons. The molecule has 0 aromatic heterocycles. The summed E-state index contributed by atoms with van der Waals surface area (Å²) in [5.74, 6) is 2.06. The highest BCUT2D eigenvalue weighted by molar-refractivity contribution is 6.07. The third-order valence-corrected chi connectivity index (χ3v) is 10.2. The van der Waals surface area contributed by atoms with Crippen molar-refractivity contribution in [2.24, 2.45) is 40.4 Å². The summed E-state index contributed by atoms with van der Waals surface area (Å²) in [5, 5.41) is 0. The molecule has 0 bridgehead atoms. The molecule has 0 heterocycles. The molecule has 4 aliphatic rings. The van der Waals surface area contributed by atoms with Crippen LogP contribution in [0.25, 0.3) is 0 Å². The zero-order chi connectivity index (χ0) is 26.4. The quantitative estimate of drug-likeness (QED) is 0.370. The van der Waals surface area contributed by atoms with Crippen molar-refractivity contribution in [1.29, 1.82) is 0 Å². The van der Waals surface area contributed by atoms with Gasteiger partial charge in [0, 0.05) is 24.8 Å². The van der Waals surface area contributed by atoms with Crippen LogP contribution in [-0.2, 0) is 23.9 Å². The third-order valence-electron chi connectivity index (χ3n) is 10.2. The van der Waals surface area contributed by atoms with Crippen LogP contribution in [0.4, 0.5) is 0 Å². The van der Waals surface area contributed by atoms with Crippen molar-refractivity contribution in [2.75, 3.05) is 0 Å². The van der Waals surface area contributed by atoms with Crippen LogP contribution in [0.15, 0.2) is 23.3 Å². The molecule has 0 saturated heterocycles. The zero-order valence-corrected chi connectivity index (χ0v) is 23.4. The van der Waals surface area contributed by atoms with Crippen molar-refractivity contribution < 1.29 is 23.9 Å². The number of ether oxygens (including phenoxy) is 2. The van der Waals surface area contributed by atoms with E-state index in [2.05, 4.69) is 34.6 Å². The second-order valence-electron chi connectivity index (χ2n) is 13.1. The SMILES string of the molecule is CC(=O)O[C@H]1C[C@@]2(C)C(=C[C@H]1OC(C)=O)C(=O)C=C1[C@@H]3CC[C@H]([C@H](C)CCCC(C)C)[C@@]3(C)CC[C@@H]12. The Hall–Kier alpha value is -1.91. The minimum Gasteiger partial charge on any atom is -0.458 e. The van der Waals surface area contributed by atoms with Crippen LogP contribution in [0.5, 0.6) is 0 Å². The van der Waals surface area contributed by atoms with E-state index in [0.29, 0.717) is 24.2 Å². The van der Waals surface area contributed by atoms with Crippen molar-refractivity contribution in [2.45, 2.75) is 112 Å². The minimum atomic E-state index is -0.718. The van der Waals surface area contributed by atoms with Gasteiger partial charge in [-0.05, 0) is 79.3 Å². The van der Waals surface area contributed by atoms with Gasteiger partial charge in [-0.3, -0.25) is 14.4 Å². The van der Waals surface area contributed by atoms with Gasteiger partial charge in [0.05, 0.1) is 0 Å². The summed E-state index contributed by atoms with van der Waals surface area (Å²) in [5.41, 5.74) is 1.88. The van der Waals surface area contributed by atoms with Crippen LogP contribution in [0, 0.1) is 40.4 Å². The predicted octanol–water partition coefficient (Wildman–Crippen LogP) is 6.60. The Morgan fingerprint density at radius 1 is 1.00 bits per heavy atom. The van der Waals surface area contributed by atoms with Gasteiger partial charge < -0.3 is 9.47 Å². The van der Waals surface area contributed by atoms with Crippen molar-refractivity contribution in [1.82, 2.24) is 0 Å². The van der Waals surface area contributed by atoms with Gasteiger partial charge in [0.1, 0.15) is 6.10 Å². The Labute approximate surface area is 217 Å². The molecule has 2 saturated carbocycles. The van der Waals surface area contributed by atoms with Gasteiger partial charge in [-0.1, -0.05) is 59.5 Å². The van der Waals surface area contributed by atoms with E-state index in [9.17, 15) is 14.4 Å². The van der Waals surface area contributed by atoms with Gasteiger partial charge in [-0.25, -0.2) is 0 Å². The molecular weight excluding hydrogens is 452 g/mol. The first-order valence-electron chi connectivity index (χ1n) is 14.2. The molecular formula is C31H46O5. The minimum absolute atomic E-state index is 0.0415. The Kier molecular flexibility index (Phi) is 7.61. The number of hydrogen-bond donors (Lipinski definition) is 0. The summed E-state index contributed by atoms with van der Waals surface area (Å²) in [6.45, 7) is 14.5. The number of ketones is 1. The molecule has 36 heavy (non-hydrogen) atoms. The van der Waals surface area contributed by atoms with Gasteiger partial charge in [0.25, 0.3) is 0 Å². The van der Waals surface area contributed by atoms with E-state index in [0.717, 1.165) is 24.3 Å². The van der Waals surface area contributed by atoms with Crippen molar-refractivity contribution in [3.05, 3.63) is 23.3 Å². The van der Waals surface area contributed by atoms with Gasteiger partial charge in [-0.2, -0.15) is 0 Å². The van der Waals surface area contributed by atoms with Gasteiger partial charge >= 0.3 is 11.9 Å². The largest absolute Gasteiger partial charge is 0.458 e. The van der Waals surface area contributed by atoms with Crippen LogP contribution in [-0.4, -0.2) is 29.9 Å². The summed E-state index contributed by atoms with van der Waals surface area (Å²) in [6, 6.07) is 0. The molecule has 0 aromatic carbocycles. The molecule has 4 aliphatic carbocycles. The first-order valence-corrected chi connectivity index (χ1v) is 14.2. The highest BCUT2D eigenvalue weighted by atomic mass is 16.6. The average Bonchev–Trinajstić information content (AvgIpc) is 3.11. The number of rotatable bonds is 7. The van der Waals surface area contributed by atoms with Crippen LogP contribution < -0.4 is 0 Å².